The molecule has 4 nitrogen and oxygen atoms in total. The van der Waals surface area contributed by atoms with Gasteiger partial charge in [0.1, 0.15) is 5.75 Å². The lowest BCUT2D eigenvalue weighted by atomic mass is 9.88. The predicted molar refractivity (Wildman–Crippen MR) is 72.4 cm³/mol. The highest BCUT2D eigenvalue weighted by Gasteiger charge is 2.28. The van der Waals surface area contributed by atoms with Gasteiger partial charge in [-0.3, -0.25) is 4.79 Å². The van der Waals surface area contributed by atoms with Crippen LogP contribution in [0.3, 0.4) is 0 Å². The Morgan fingerprint density at radius 3 is 2.50 bits per heavy atom. The second-order valence-corrected chi connectivity index (χ2v) is 4.93. The number of para-hydroxylation sites is 1. The van der Waals surface area contributed by atoms with Crippen molar-refractivity contribution in [3.8, 4) is 5.75 Å². The van der Waals surface area contributed by atoms with Crippen molar-refractivity contribution >= 4 is 5.91 Å². The zero-order chi connectivity index (χ0) is 13.6. The zero-order valence-corrected chi connectivity index (χ0v) is 11.3. The van der Waals surface area contributed by atoms with E-state index >= 15 is 0 Å². The van der Waals surface area contributed by atoms with Crippen LogP contribution in [0.1, 0.15) is 20.8 Å². The van der Waals surface area contributed by atoms with Crippen LogP contribution in [0.5, 0.6) is 5.75 Å². The number of hydrogen-bond acceptors (Lipinski definition) is 3. The van der Waals surface area contributed by atoms with Gasteiger partial charge >= 0.3 is 0 Å². The van der Waals surface area contributed by atoms with Gasteiger partial charge in [-0.1, -0.05) is 32.0 Å². The number of carbonyl (C=O) groups is 1. The number of nitrogens with two attached hydrogens (primary N) is 1. The van der Waals surface area contributed by atoms with Crippen LogP contribution in [0.4, 0.5) is 0 Å². The molecule has 0 bridgehead atoms. The summed E-state index contributed by atoms with van der Waals surface area (Å²) in [5.41, 5.74) is 5.32. The van der Waals surface area contributed by atoms with Crippen molar-refractivity contribution in [2.75, 3.05) is 13.2 Å². The van der Waals surface area contributed by atoms with Crippen molar-refractivity contribution in [3.05, 3.63) is 30.3 Å². The van der Waals surface area contributed by atoms with E-state index in [2.05, 4.69) is 5.32 Å². The molecule has 3 N–H and O–H groups in total. The fourth-order valence-electron chi connectivity index (χ4n) is 1.45. The number of carbonyl (C=O) groups excluding carboxylic acids is 1. The molecular weight excluding hydrogens is 228 g/mol. The first-order valence-corrected chi connectivity index (χ1v) is 6.17. The third-order valence-corrected chi connectivity index (χ3v) is 3.24. The minimum Gasteiger partial charge on any atom is -0.484 e. The molecule has 18 heavy (non-hydrogen) atoms. The molecule has 0 aromatic heterocycles. The molecule has 100 valence electrons. The Bertz CT molecular complexity index is 379. The van der Waals surface area contributed by atoms with E-state index in [-0.39, 0.29) is 18.4 Å². The summed E-state index contributed by atoms with van der Waals surface area (Å²) in [5.74, 6) is 0.801. The van der Waals surface area contributed by atoms with Crippen LogP contribution in [0.2, 0.25) is 0 Å². The number of benzene rings is 1. The first-order chi connectivity index (χ1) is 8.48. The summed E-state index contributed by atoms with van der Waals surface area (Å²) in [6.07, 6.45) is 0. The quantitative estimate of drug-likeness (QED) is 0.805. The molecule has 1 aromatic rings. The molecule has 0 fully saturated rings. The Morgan fingerprint density at radius 2 is 2.00 bits per heavy atom. The van der Waals surface area contributed by atoms with E-state index in [4.69, 9.17) is 10.5 Å². The minimum atomic E-state index is -0.392. The van der Waals surface area contributed by atoms with Crippen molar-refractivity contribution < 1.29 is 9.53 Å². The summed E-state index contributed by atoms with van der Waals surface area (Å²) >= 11 is 0. The van der Waals surface area contributed by atoms with Crippen LogP contribution in [0.15, 0.2) is 30.3 Å². The molecule has 4 heteroatoms. The van der Waals surface area contributed by atoms with E-state index < -0.39 is 5.54 Å². The second kappa shape index (κ2) is 6.40. The number of amides is 1. The maximum Gasteiger partial charge on any atom is 0.258 e. The van der Waals surface area contributed by atoms with Gasteiger partial charge in [-0.25, -0.2) is 0 Å². The molecule has 0 heterocycles. The van der Waals surface area contributed by atoms with Crippen molar-refractivity contribution in [1.29, 1.82) is 0 Å². The lowest BCUT2D eigenvalue weighted by Crippen LogP contribution is -2.56. The van der Waals surface area contributed by atoms with Crippen LogP contribution in [-0.2, 0) is 4.79 Å². The van der Waals surface area contributed by atoms with Crippen LogP contribution in [-0.4, -0.2) is 24.6 Å². The molecule has 0 aliphatic heterocycles. The van der Waals surface area contributed by atoms with Gasteiger partial charge in [0.15, 0.2) is 6.61 Å². The van der Waals surface area contributed by atoms with Gasteiger partial charge in [0.05, 0.1) is 5.54 Å². The molecule has 0 aliphatic carbocycles. The molecule has 0 aliphatic rings. The van der Waals surface area contributed by atoms with Crippen LogP contribution in [0.25, 0.3) is 0 Å². The Hall–Kier alpha value is -1.55. The van der Waals surface area contributed by atoms with Gasteiger partial charge in [-0.2, -0.15) is 0 Å². The normalized spacial score (nSPS) is 14.1. The third-order valence-electron chi connectivity index (χ3n) is 3.24. The van der Waals surface area contributed by atoms with E-state index in [1.165, 1.54) is 0 Å². The van der Waals surface area contributed by atoms with Crippen LogP contribution in [0, 0.1) is 5.92 Å². The standard InChI is InChI=1S/C14H22N2O2/c1-11(2)14(3,10-15)16-13(17)9-18-12-7-5-4-6-8-12/h4-8,11H,9-10,15H2,1-3H3,(H,16,17). The fourth-order valence-corrected chi connectivity index (χ4v) is 1.45. The molecule has 1 rings (SSSR count). The highest BCUT2D eigenvalue weighted by molar-refractivity contribution is 5.78. The molecule has 0 saturated heterocycles. The molecule has 1 aromatic carbocycles. The highest BCUT2D eigenvalue weighted by atomic mass is 16.5. The monoisotopic (exact) mass is 250 g/mol. The number of rotatable bonds is 6. The zero-order valence-electron chi connectivity index (χ0n) is 11.3. The molecule has 0 saturated carbocycles. The topological polar surface area (TPSA) is 64.3 Å². The van der Waals surface area contributed by atoms with Crippen LogP contribution < -0.4 is 15.8 Å². The van der Waals surface area contributed by atoms with E-state index in [0.717, 1.165) is 0 Å². The third kappa shape index (κ3) is 4.04. The van der Waals surface area contributed by atoms with Gasteiger partial charge in [-0.15, -0.1) is 0 Å². The average Bonchev–Trinajstić information content (AvgIpc) is 2.37. The van der Waals surface area contributed by atoms with Crippen molar-refractivity contribution in [1.82, 2.24) is 5.32 Å². The summed E-state index contributed by atoms with van der Waals surface area (Å²) in [6.45, 7) is 6.42. The van der Waals surface area contributed by atoms with Crippen molar-refractivity contribution in [2.24, 2.45) is 11.7 Å². The number of ether oxygens (including phenoxy) is 1. The summed E-state index contributed by atoms with van der Waals surface area (Å²) in [7, 11) is 0. The molecule has 1 atom stereocenters. The summed E-state index contributed by atoms with van der Waals surface area (Å²) in [5, 5.41) is 2.92. The SMILES string of the molecule is CC(C)C(C)(CN)NC(=O)COc1ccccc1. The average molecular weight is 250 g/mol. The Labute approximate surface area is 109 Å². The molecular formula is C14H22N2O2. The Morgan fingerprint density at radius 1 is 1.39 bits per heavy atom. The minimum absolute atomic E-state index is 0.00627. The number of hydrogen-bond donors (Lipinski definition) is 2. The van der Waals surface area contributed by atoms with E-state index in [1.54, 1.807) is 0 Å². The lowest BCUT2D eigenvalue weighted by molar-refractivity contribution is -0.125. The first kappa shape index (κ1) is 14.5. The van der Waals surface area contributed by atoms with E-state index in [9.17, 15) is 4.79 Å². The highest BCUT2D eigenvalue weighted by Crippen LogP contribution is 2.14. The Balaban J connectivity index is 2.47. The molecule has 1 amide bonds. The largest absolute Gasteiger partial charge is 0.484 e. The second-order valence-electron chi connectivity index (χ2n) is 4.93. The Kier molecular flexibility index (Phi) is 5.16. The maximum absolute atomic E-state index is 11.8. The van der Waals surface area contributed by atoms with Gasteiger partial charge in [0, 0.05) is 6.54 Å². The first-order valence-electron chi connectivity index (χ1n) is 6.17. The number of nitrogens with one attached hydrogen (secondary N) is 1. The van der Waals surface area contributed by atoms with E-state index in [0.29, 0.717) is 12.3 Å². The van der Waals surface area contributed by atoms with Gasteiger partial charge < -0.3 is 15.8 Å². The predicted octanol–water partition coefficient (Wildman–Crippen LogP) is 1.55. The van der Waals surface area contributed by atoms with Crippen LogP contribution >= 0.6 is 0 Å². The van der Waals surface area contributed by atoms with Crippen molar-refractivity contribution in [2.45, 2.75) is 26.3 Å². The summed E-state index contributed by atoms with van der Waals surface area (Å²) in [6, 6.07) is 9.27. The molecule has 0 radical (unpaired) electrons. The fraction of sp³-hybridized carbons (Fsp3) is 0.500. The van der Waals surface area contributed by atoms with Crippen molar-refractivity contribution in [3.63, 3.8) is 0 Å². The summed E-state index contributed by atoms with van der Waals surface area (Å²) < 4.78 is 5.39. The molecule has 0 spiro atoms. The maximum atomic E-state index is 11.8. The van der Waals surface area contributed by atoms with Gasteiger partial charge in [-0.05, 0) is 25.0 Å². The van der Waals surface area contributed by atoms with Gasteiger partial charge in [0.25, 0.3) is 5.91 Å². The lowest BCUT2D eigenvalue weighted by Gasteiger charge is -2.33. The van der Waals surface area contributed by atoms with Gasteiger partial charge in [0.2, 0.25) is 0 Å². The smallest absolute Gasteiger partial charge is 0.258 e. The van der Waals surface area contributed by atoms with E-state index in [1.807, 2.05) is 51.1 Å². The molecule has 1 unspecified atom stereocenters. The summed E-state index contributed by atoms with van der Waals surface area (Å²) in [4.78, 5) is 11.8.